The Labute approximate surface area is 127 Å². The number of benzene rings is 2. The highest BCUT2D eigenvalue weighted by molar-refractivity contribution is 14.1. The first-order chi connectivity index (χ1) is 8.09. The second-order valence-electron chi connectivity index (χ2n) is 3.59. The maximum absolute atomic E-state index is 10.4. The normalized spacial score (nSPS) is 12.5. The van der Waals surface area contributed by atoms with Crippen LogP contribution in [0.3, 0.4) is 0 Å². The Kier molecular flexibility index (Phi) is 4.47. The zero-order valence-corrected chi connectivity index (χ0v) is 13.2. The van der Waals surface area contributed by atoms with Crippen LogP contribution in [-0.4, -0.2) is 5.11 Å². The van der Waals surface area contributed by atoms with Crippen LogP contribution in [0.4, 0.5) is 0 Å². The van der Waals surface area contributed by atoms with Gasteiger partial charge in [0.2, 0.25) is 0 Å². The molecule has 0 saturated carbocycles. The SMILES string of the molecule is OC(c1ccccc1Cl)c1cc(Br)ccc1I. The van der Waals surface area contributed by atoms with Gasteiger partial charge in [0, 0.05) is 18.6 Å². The lowest BCUT2D eigenvalue weighted by Crippen LogP contribution is -2.02. The molecule has 4 heteroatoms. The topological polar surface area (TPSA) is 20.2 Å². The maximum atomic E-state index is 10.4. The molecule has 2 rings (SSSR count). The van der Waals surface area contributed by atoms with Gasteiger partial charge in [-0.3, -0.25) is 0 Å². The van der Waals surface area contributed by atoms with Crippen molar-refractivity contribution >= 4 is 50.1 Å². The summed E-state index contributed by atoms with van der Waals surface area (Å²) in [4.78, 5) is 0. The van der Waals surface area contributed by atoms with Crippen LogP contribution in [-0.2, 0) is 0 Å². The minimum Gasteiger partial charge on any atom is -0.384 e. The Bertz CT molecular complexity index is 545. The zero-order chi connectivity index (χ0) is 12.4. The van der Waals surface area contributed by atoms with E-state index in [9.17, 15) is 5.11 Å². The smallest absolute Gasteiger partial charge is 0.107 e. The van der Waals surface area contributed by atoms with Gasteiger partial charge in [-0.25, -0.2) is 0 Å². The molecule has 0 aromatic heterocycles. The highest BCUT2D eigenvalue weighted by atomic mass is 127. The van der Waals surface area contributed by atoms with Gasteiger partial charge >= 0.3 is 0 Å². The highest BCUT2D eigenvalue weighted by Gasteiger charge is 2.16. The Balaban J connectivity index is 2.47. The summed E-state index contributed by atoms with van der Waals surface area (Å²) >= 11 is 11.7. The van der Waals surface area contributed by atoms with Gasteiger partial charge in [0.25, 0.3) is 0 Å². The van der Waals surface area contributed by atoms with E-state index in [-0.39, 0.29) is 0 Å². The van der Waals surface area contributed by atoms with E-state index in [0.29, 0.717) is 5.02 Å². The first-order valence-corrected chi connectivity index (χ1v) is 7.22. The number of hydrogen-bond donors (Lipinski definition) is 1. The Morgan fingerprint density at radius 2 is 1.82 bits per heavy atom. The lowest BCUT2D eigenvalue weighted by atomic mass is 10.0. The van der Waals surface area contributed by atoms with Crippen molar-refractivity contribution in [2.75, 3.05) is 0 Å². The predicted molar refractivity (Wildman–Crippen MR) is 82.4 cm³/mol. The second kappa shape index (κ2) is 5.69. The average molecular weight is 423 g/mol. The van der Waals surface area contributed by atoms with Crippen LogP contribution in [0.25, 0.3) is 0 Å². The molecule has 1 nitrogen and oxygen atoms in total. The van der Waals surface area contributed by atoms with E-state index in [2.05, 4.69) is 38.5 Å². The molecule has 0 aliphatic rings. The van der Waals surface area contributed by atoms with Gasteiger partial charge in [0.05, 0.1) is 0 Å². The summed E-state index contributed by atoms with van der Waals surface area (Å²) in [6.45, 7) is 0. The second-order valence-corrected chi connectivity index (χ2v) is 6.07. The van der Waals surface area contributed by atoms with Crippen molar-refractivity contribution in [3.05, 3.63) is 66.7 Å². The summed E-state index contributed by atoms with van der Waals surface area (Å²) in [5.74, 6) is 0. The molecule has 0 radical (unpaired) electrons. The van der Waals surface area contributed by atoms with Crippen molar-refractivity contribution in [3.8, 4) is 0 Å². The predicted octanol–water partition coefficient (Wildman–Crippen LogP) is 4.79. The molecular weight excluding hydrogens is 414 g/mol. The van der Waals surface area contributed by atoms with Crippen molar-refractivity contribution in [2.45, 2.75) is 6.10 Å². The third-order valence-corrected chi connectivity index (χ3v) is 4.27. The summed E-state index contributed by atoms with van der Waals surface area (Å²) in [6.07, 6.45) is -0.701. The number of hydrogen-bond acceptors (Lipinski definition) is 1. The summed E-state index contributed by atoms with van der Waals surface area (Å²) in [5, 5.41) is 10.9. The molecule has 0 aliphatic carbocycles. The lowest BCUT2D eigenvalue weighted by Gasteiger charge is -2.15. The molecule has 1 unspecified atom stereocenters. The molecule has 0 saturated heterocycles. The molecule has 0 fully saturated rings. The fourth-order valence-corrected chi connectivity index (χ4v) is 2.84. The van der Waals surface area contributed by atoms with Gasteiger partial charge in [-0.15, -0.1) is 0 Å². The number of rotatable bonds is 2. The van der Waals surface area contributed by atoms with Gasteiger partial charge in [-0.05, 0) is 52.4 Å². The molecule has 2 aromatic rings. The average Bonchev–Trinajstić information content (AvgIpc) is 2.32. The Morgan fingerprint density at radius 3 is 2.53 bits per heavy atom. The van der Waals surface area contributed by atoms with E-state index in [1.165, 1.54) is 0 Å². The maximum Gasteiger partial charge on any atom is 0.107 e. The van der Waals surface area contributed by atoms with Crippen LogP contribution in [0.2, 0.25) is 5.02 Å². The number of aliphatic hydroxyl groups is 1. The van der Waals surface area contributed by atoms with Crippen molar-refractivity contribution in [1.29, 1.82) is 0 Å². The molecular formula is C13H9BrClIO. The summed E-state index contributed by atoms with van der Waals surface area (Å²) in [6, 6.07) is 13.2. The monoisotopic (exact) mass is 422 g/mol. The fourth-order valence-electron chi connectivity index (χ4n) is 1.59. The van der Waals surface area contributed by atoms with E-state index in [0.717, 1.165) is 19.2 Å². The largest absolute Gasteiger partial charge is 0.384 e. The van der Waals surface area contributed by atoms with E-state index < -0.39 is 6.10 Å². The number of aliphatic hydroxyl groups excluding tert-OH is 1. The fraction of sp³-hybridized carbons (Fsp3) is 0.0769. The molecule has 17 heavy (non-hydrogen) atoms. The standard InChI is InChI=1S/C13H9BrClIO/c14-8-5-6-12(16)10(7-8)13(17)9-3-1-2-4-11(9)15/h1-7,13,17H. The first kappa shape index (κ1) is 13.3. The zero-order valence-electron chi connectivity index (χ0n) is 8.70. The quantitative estimate of drug-likeness (QED) is 0.689. The van der Waals surface area contributed by atoms with E-state index in [4.69, 9.17) is 11.6 Å². The molecule has 1 atom stereocenters. The minimum atomic E-state index is -0.701. The van der Waals surface area contributed by atoms with Gasteiger partial charge in [0.15, 0.2) is 0 Å². The van der Waals surface area contributed by atoms with Gasteiger partial charge in [0.1, 0.15) is 6.10 Å². The third kappa shape index (κ3) is 3.02. The van der Waals surface area contributed by atoms with Crippen LogP contribution in [0.1, 0.15) is 17.2 Å². The lowest BCUT2D eigenvalue weighted by molar-refractivity contribution is 0.219. The van der Waals surface area contributed by atoms with Gasteiger partial charge in [-0.1, -0.05) is 45.7 Å². The molecule has 1 N–H and O–H groups in total. The third-order valence-electron chi connectivity index (χ3n) is 2.45. The molecule has 2 aromatic carbocycles. The Hall–Kier alpha value is -0.100. The minimum absolute atomic E-state index is 0.579. The van der Waals surface area contributed by atoms with Crippen LogP contribution in [0, 0.1) is 3.57 Å². The van der Waals surface area contributed by atoms with Crippen LogP contribution < -0.4 is 0 Å². The van der Waals surface area contributed by atoms with E-state index >= 15 is 0 Å². The van der Waals surface area contributed by atoms with Crippen LogP contribution in [0.15, 0.2) is 46.9 Å². The molecule has 0 aliphatic heterocycles. The molecule has 0 bridgehead atoms. The summed E-state index contributed by atoms with van der Waals surface area (Å²) < 4.78 is 1.96. The highest BCUT2D eigenvalue weighted by Crippen LogP contribution is 2.32. The summed E-state index contributed by atoms with van der Waals surface area (Å²) in [5.41, 5.74) is 1.58. The van der Waals surface area contributed by atoms with E-state index in [1.54, 1.807) is 6.07 Å². The molecule has 0 amide bonds. The number of halogens is 3. The van der Waals surface area contributed by atoms with Crippen molar-refractivity contribution in [2.24, 2.45) is 0 Å². The first-order valence-electron chi connectivity index (χ1n) is 4.97. The van der Waals surface area contributed by atoms with Crippen molar-refractivity contribution in [1.82, 2.24) is 0 Å². The van der Waals surface area contributed by atoms with Crippen LogP contribution in [0.5, 0.6) is 0 Å². The van der Waals surface area contributed by atoms with Gasteiger partial charge < -0.3 is 5.11 Å². The molecule has 0 spiro atoms. The Morgan fingerprint density at radius 1 is 1.12 bits per heavy atom. The van der Waals surface area contributed by atoms with Crippen LogP contribution >= 0.6 is 50.1 Å². The van der Waals surface area contributed by atoms with Crippen molar-refractivity contribution in [3.63, 3.8) is 0 Å². The summed E-state index contributed by atoms with van der Waals surface area (Å²) in [7, 11) is 0. The molecule has 88 valence electrons. The van der Waals surface area contributed by atoms with Gasteiger partial charge in [-0.2, -0.15) is 0 Å². The van der Waals surface area contributed by atoms with E-state index in [1.807, 2.05) is 36.4 Å². The molecule has 0 heterocycles. The van der Waals surface area contributed by atoms with Crippen molar-refractivity contribution < 1.29 is 5.11 Å².